The minimum atomic E-state index is -4.33. The summed E-state index contributed by atoms with van der Waals surface area (Å²) >= 11 is 0. The van der Waals surface area contributed by atoms with Crippen LogP contribution < -0.4 is 5.73 Å². The molecule has 0 aliphatic rings. The number of ether oxygens (including phenoxy) is 1. The highest BCUT2D eigenvalue weighted by atomic mass is 19.4. The molecule has 0 heterocycles. The molecule has 0 saturated carbocycles. The second kappa shape index (κ2) is 4.83. The molecule has 90 valence electrons. The lowest BCUT2D eigenvalue weighted by Gasteiger charge is -2.24. The van der Waals surface area contributed by atoms with Crippen LogP contribution in [-0.4, -0.2) is 24.7 Å². The van der Waals surface area contributed by atoms with Gasteiger partial charge in [0.2, 0.25) is 0 Å². The van der Waals surface area contributed by atoms with Crippen molar-refractivity contribution >= 4 is 5.84 Å². The van der Waals surface area contributed by atoms with Crippen LogP contribution >= 0.6 is 0 Å². The summed E-state index contributed by atoms with van der Waals surface area (Å²) in [6.45, 7) is 4.28. The third-order valence-corrected chi connectivity index (χ3v) is 2.28. The maximum Gasteiger partial charge on any atom is 0.414 e. The quantitative estimate of drug-likeness (QED) is 0.558. The maximum atomic E-state index is 12.0. The third kappa shape index (κ3) is 5.01. The largest absolute Gasteiger partial charge is 0.414 e. The molecule has 0 aliphatic heterocycles. The Hall–Kier alpha value is -0.780. The molecule has 0 aromatic carbocycles. The second-order valence-corrected chi connectivity index (χ2v) is 4.10. The van der Waals surface area contributed by atoms with E-state index in [0.717, 1.165) is 6.92 Å². The van der Waals surface area contributed by atoms with Gasteiger partial charge in [-0.1, -0.05) is 13.8 Å². The van der Waals surface area contributed by atoms with Crippen molar-refractivity contribution in [3.63, 3.8) is 0 Å². The third-order valence-electron chi connectivity index (χ3n) is 2.28. The molecule has 0 aliphatic carbocycles. The molecule has 0 saturated heterocycles. The van der Waals surface area contributed by atoms with Crippen LogP contribution in [0.25, 0.3) is 0 Å². The molecule has 3 nitrogen and oxygen atoms in total. The van der Waals surface area contributed by atoms with Gasteiger partial charge in [0.25, 0.3) is 0 Å². The van der Waals surface area contributed by atoms with Crippen LogP contribution in [0.1, 0.15) is 27.2 Å². The van der Waals surface area contributed by atoms with Crippen LogP contribution in [0.4, 0.5) is 13.2 Å². The van der Waals surface area contributed by atoms with Gasteiger partial charge in [0.1, 0.15) is 0 Å². The van der Waals surface area contributed by atoms with Gasteiger partial charge in [-0.05, 0) is 13.3 Å². The highest BCUT2D eigenvalue weighted by Crippen LogP contribution is 2.24. The molecule has 15 heavy (non-hydrogen) atoms. The number of nitrogens with one attached hydrogen (secondary N) is 1. The molecule has 0 radical (unpaired) electrons. The van der Waals surface area contributed by atoms with Gasteiger partial charge in [-0.2, -0.15) is 13.2 Å². The molecule has 6 heteroatoms. The van der Waals surface area contributed by atoms with Gasteiger partial charge >= 0.3 is 6.18 Å². The fraction of sp³-hybridized carbons (Fsp3) is 0.889. The summed E-state index contributed by atoms with van der Waals surface area (Å²) < 4.78 is 40.7. The van der Waals surface area contributed by atoms with E-state index in [1.54, 1.807) is 13.8 Å². The van der Waals surface area contributed by atoms with Crippen molar-refractivity contribution in [1.29, 1.82) is 5.41 Å². The SMILES string of the molecule is CC(OCCC(C)(C)C(=N)N)C(F)(F)F. The summed E-state index contributed by atoms with van der Waals surface area (Å²) in [4.78, 5) is 0. The van der Waals surface area contributed by atoms with E-state index in [2.05, 4.69) is 4.74 Å². The number of nitrogens with two attached hydrogens (primary N) is 1. The number of alkyl halides is 3. The van der Waals surface area contributed by atoms with E-state index in [1.807, 2.05) is 0 Å². The molecule has 1 atom stereocenters. The van der Waals surface area contributed by atoms with Crippen molar-refractivity contribution in [2.75, 3.05) is 6.61 Å². The fourth-order valence-electron chi connectivity index (χ4n) is 0.720. The van der Waals surface area contributed by atoms with Crippen molar-refractivity contribution in [2.45, 2.75) is 39.5 Å². The van der Waals surface area contributed by atoms with Gasteiger partial charge < -0.3 is 10.5 Å². The standard InChI is InChI=1S/C9H17F3N2O/c1-6(9(10,11)12)15-5-4-8(2,3)7(13)14/h6H,4-5H2,1-3H3,(H3,13,14). The highest BCUT2D eigenvalue weighted by molar-refractivity contribution is 5.82. The Labute approximate surface area is 87.3 Å². The van der Waals surface area contributed by atoms with E-state index in [4.69, 9.17) is 11.1 Å². The monoisotopic (exact) mass is 226 g/mol. The molecule has 0 spiro atoms. The van der Waals surface area contributed by atoms with E-state index in [1.165, 1.54) is 0 Å². The van der Waals surface area contributed by atoms with E-state index in [-0.39, 0.29) is 12.4 Å². The molecule has 0 amide bonds. The van der Waals surface area contributed by atoms with Crippen LogP contribution in [0.3, 0.4) is 0 Å². The molecular formula is C9H17F3N2O. The zero-order valence-electron chi connectivity index (χ0n) is 9.11. The number of halogens is 3. The molecular weight excluding hydrogens is 209 g/mol. The van der Waals surface area contributed by atoms with Crippen molar-refractivity contribution in [1.82, 2.24) is 0 Å². The van der Waals surface area contributed by atoms with E-state index >= 15 is 0 Å². The first-order valence-electron chi connectivity index (χ1n) is 4.60. The average Bonchev–Trinajstić information content (AvgIpc) is 2.01. The minimum Gasteiger partial charge on any atom is -0.387 e. The molecule has 0 bridgehead atoms. The normalized spacial score (nSPS) is 15.1. The minimum absolute atomic E-state index is 0.0502. The van der Waals surface area contributed by atoms with Crippen molar-refractivity contribution in [3.8, 4) is 0 Å². The molecule has 3 N–H and O–H groups in total. The summed E-state index contributed by atoms with van der Waals surface area (Å²) in [6, 6.07) is 0. The smallest absolute Gasteiger partial charge is 0.387 e. The Morgan fingerprint density at radius 1 is 1.40 bits per heavy atom. The fourth-order valence-corrected chi connectivity index (χ4v) is 0.720. The summed E-state index contributed by atoms with van der Waals surface area (Å²) in [5, 5.41) is 7.21. The van der Waals surface area contributed by atoms with Gasteiger partial charge in [0.15, 0.2) is 6.10 Å². The average molecular weight is 226 g/mol. The molecule has 0 rings (SSSR count). The summed E-state index contributed by atoms with van der Waals surface area (Å²) in [6.07, 6.45) is -5.82. The zero-order valence-corrected chi connectivity index (χ0v) is 9.11. The van der Waals surface area contributed by atoms with Crippen LogP contribution in [0.5, 0.6) is 0 Å². The van der Waals surface area contributed by atoms with E-state index < -0.39 is 17.7 Å². The van der Waals surface area contributed by atoms with Crippen LogP contribution in [0, 0.1) is 10.8 Å². The van der Waals surface area contributed by atoms with Gasteiger partial charge in [0.05, 0.1) is 5.84 Å². The van der Waals surface area contributed by atoms with Gasteiger partial charge in [-0.3, -0.25) is 5.41 Å². The lowest BCUT2D eigenvalue weighted by atomic mass is 9.88. The Balaban J connectivity index is 3.95. The number of amidine groups is 1. The lowest BCUT2D eigenvalue weighted by Crippen LogP contribution is -2.34. The molecule has 0 aromatic rings. The van der Waals surface area contributed by atoms with Crippen LogP contribution in [-0.2, 0) is 4.74 Å². The Bertz CT molecular complexity index is 226. The van der Waals surface area contributed by atoms with E-state index in [0.29, 0.717) is 6.42 Å². The number of hydrogen-bond acceptors (Lipinski definition) is 2. The van der Waals surface area contributed by atoms with Gasteiger partial charge in [-0.15, -0.1) is 0 Å². The molecule has 1 unspecified atom stereocenters. The predicted octanol–water partition coefficient (Wildman–Crippen LogP) is 2.31. The van der Waals surface area contributed by atoms with Crippen molar-refractivity contribution in [2.24, 2.45) is 11.1 Å². The number of hydrogen-bond donors (Lipinski definition) is 2. The highest BCUT2D eigenvalue weighted by Gasteiger charge is 2.37. The molecule has 0 aromatic heterocycles. The predicted molar refractivity (Wildman–Crippen MR) is 51.8 cm³/mol. The second-order valence-electron chi connectivity index (χ2n) is 4.10. The van der Waals surface area contributed by atoms with Crippen molar-refractivity contribution < 1.29 is 17.9 Å². The first-order valence-corrected chi connectivity index (χ1v) is 4.60. The van der Waals surface area contributed by atoms with Crippen LogP contribution in [0.15, 0.2) is 0 Å². The lowest BCUT2D eigenvalue weighted by molar-refractivity contribution is -0.215. The van der Waals surface area contributed by atoms with Crippen LogP contribution in [0.2, 0.25) is 0 Å². The Morgan fingerprint density at radius 2 is 1.87 bits per heavy atom. The van der Waals surface area contributed by atoms with Gasteiger partial charge in [0, 0.05) is 12.0 Å². The topological polar surface area (TPSA) is 59.1 Å². The Kier molecular flexibility index (Phi) is 4.58. The first kappa shape index (κ1) is 14.2. The van der Waals surface area contributed by atoms with Crippen molar-refractivity contribution in [3.05, 3.63) is 0 Å². The van der Waals surface area contributed by atoms with E-state index in [9.17, 15) is 13.2 Å². The zero-order chi connectivity index (χ0) is 12.3. The summed E-state index contributed by atoms with van der Waals surface area (Å²) in [7, 11) is 0. The number of rotatable bonds is 5. The molecule has 0 fully saturated rings. The Morgan fingerprint density at radius 3 is 2.20 bits per heavy atom. The van der Waals surface area contributed by atoms with Gasteiger partial charge in [-0.25, -0.2) is 0 Å². The summed E-state index contributed by atoms with van der Waals surface area (Å²) in [5.74, 6) is -0.0502. The maximum absolute atomic E-state index is 12.0. The summed E-state index contributed by atoms with van der Waals surface area (Å²) in [5.41, 5.74) is 4.66. The first-order chi connectivity index (χ1) is 6.57.